The highest BCUT2D eigenvalue weighted by Crippen LogP contribution is 2.28. The van der Waals surface area contributed by atoms with Crippen LogP contribution in [0.15, 0.2) is 24.3 Å². The Hall–Kier alpha value is -1.47. The van der Waals surface area contributed by atoms with E-state index >= 15 is 0 Å². The molecule has 1 unspecified atom stereocenters. The fraction of sp³-hybridized carbons (Fsp3) is 0.533. The van der Waals surface area contributed by atoms with E-state index in [-0.39, 0.29) is 12.5 Å². The van der Waals surface area contributed by atoms with Crippen LogP contribution < -0.4 is 5.14 Å². The van der Waals surface area contributed by atoms with Crippen LogP contribution in [0.1, 0.15) is 32.3 Å². The van der Waals surface area contributed by atoms with Gasteiger partial charge >= 0.3 is 0 Å². The summed E-state index contributed by atoms with van der Waals surface area (Å²) in [7, 11) is -3.66. The molecule has 122 valence electrons. The van der Waals surface area contributed by atoms with E-state index in [1.165, 1.54) is 17.0 Å². The molecule has 0 radical (unpaired) electrons. The Labute approximate surface area is 130 Å². The first-order valence-corrected chi connectivity index (χ1v) is 8.80. The molecule has 1 atom stereocenters. The van der Waals surface area contributed by atoms with Crippen LogP contribution in [0.25, 0.3) is 0 Å². The molecule has 5 nitrogen and oxygen atoms in total. The fourth-order valence-corrected chi connectivity index (χ4v) is 3.67. The molecule has 1 aliphatic heterocycles. The minimum Gasteiger partial charge on any atom is -0.341 e. The number of benzene rings is 1. The predicted molar refractivity (Wildman–Crippen MR) is 82.1 cm³/mol. The van der Waals surface area contributed by atoms with Crippen LogP contribution in [-0.2, 0) is 20.2 Å². The third-order valence-corrected chi connectivity index (χ3v) is 5.52. The molecule has 0 aliphatic carbocycles. The van der Waals surface area contributed by atoms with Gasteiger partial charge in [-0.05, 0) is 44.4 Å². The van der Waals surface area contributed by atoms with Gasteiger partial charge in [0.1, 0.15) is 5.82 Å². The highest BCUT2D eigenvalue weighted by molar-refractivity contribution is 7.89. The molecule has 0 bridgehead atoms. The van der Waals surface area contributed by atoms with E-state index < -0.39 is 26.5 Å². The van der Waals surface area contributed by atoms with Gasteiger partial charge in [-0.3, -0.25) is 4.79 Å². The molecular formula is C15H21FN2O3S. The van der Waals surface area contributed by atoms with Gasteiger partial charge in [0, 0.05) is 13.1 Å². The van der Waals surface area contributed by atoms with Crippen LogP contribution in [-0.4, -0.2) is 37.6 Å². The summed E-state index contributed by atoms with van der Waals surface area (Å²) in [6.07, 6.45) is 1.05. The smallest absolute Gasteiger partial charge is 0.232 e. The number of likely N-dealkylation sites (tertiary alicyclic amines) is 1. The van der Waals surface area contributed by atoms with Crippen molar-refractivity contribution in [3.63, 3.8) is 0 Å². The Morgan fingerprint density at radius 2 is 2.09 bits per heavy atom. The number of hydrogen-bond acceptors (Lipinski definition) is 3. The number of carbonyl (C=O) groups is 1. The minimum absolute atomic E-state index is 0.0937. The number of nitrogens with zero attached hydrogens (tertiary/aromatic N) is 1. The lowest BCUT2D eigenvalue weighted by atomic mass is 9.82. The van der Waals surface area contributed by atoms with Crippen LogP contribution in [0, 0.1) is 5.82 Å². The van der Waals surface area contributed by atoms with Gasteiger partial charge in [-0.2, -0.15) is 0 Å². The Kier molecular flexibility index (Phi) is 4.58. The second-order valence-electron chi connectivity index (χ2n) is 6.24. The summed E-state index contributed by atoms with van der Waals surface area (Å²) >= 11 is 0. The standard InChI is InChI=1S/C15H21FN2O3S/c1-15(2,11-5-3-6-12(16)9-11)14(19)18-8-4-7-13(10-18)22(17,20)21/h3,5-6,9,13H,4,7-8,10H2,1-2H3,(H2,17,20,21). The van der Waals surface area contributed by atoms with Crippen LogP contribution in [0.3, 0.4) is 0 Å². The van der Waals surface area contributed by atoms with Gasteiger partial charge in [0.05, 0.1) is 10.7 Å². The normalized spacial score (nSPS) is 20.0. The van der Waals surface area contributed by atoms with Gasteiger partial charge in [-0.1, -0.05) is 12.1 Å². The highest BCUT2D eigenvalue weighted by Gasteiger charge is 2.38. The van der Waals surface area contributed by atoms with Gasteiger partial charge in [0.15, 0.2) is 0 Å². The van der Waals surface area contributed by atoms with Crippen molar-refractivity contribution in [3.8, 4) is 0 Å². The van der Waals surface area contributed by atoms with Gasteiger partial charge in [-0.15, -0.1) is 0 Å². The maximum Gasteiger partial charge on any atom is 0.232 e. The first-order valence-electron chi connectivity index (χ1n) is 7.19. The molecular weight excluding hydrogens is 307 g/mol. The third-order valence-electron chi connectivity index (χ3n) is 4.21. The average molecular weight is 328 g/mol. The van der Waals surface area contributed by atoms with E-state index in [2.05, 4.69) is 0 Å². The molecule has 1 amide bonds. The lowest BCUT2D eigenvalue weighted by Gasteiger charge is -2.37. The van der Waals surface area contributed by atoms with Crippen molar-refractivity contribution in [2.45, 2.75) is 37.4 Å². The van der Waals surface area contributed by atoms with E-state index in [1.54, 1.807) is 26.0 Å². The number of halogens is 1. The Morgan fingerprint density at radius 3 is 2.68 bits per heavy atom. The van der Waals surface area contributed by atoms with Crippen LogP contribution in [0.2, 0.25) is 0 Å². The lowest BCUT2D eigenvalue weighted by Crippen LogP contribution is -2.51. The second kappa shape index (κ2) is 5.96. The molecule has 0 saturated carbocycles. The van der Waals surface area contributed by atoms with Crippen LogP contribution >= 0.6 is 0 Å². The third kappa shape index (κ3) is 3.47. The van der Waals surface area contributed by atoms with E-state index in [9.17, 15) is 17.6 Å². The maximum atomic E-state index is 13.4. The largest absolute Gasteiger partial charge is 0.341 e. The topological polar surface area (TPSA) is 80.5 Å². The first kappa shape index (κ1) is 16.9. The quantitative estimate of drug-likeness (QED) is 0.910. The molecule has 1 aliphatic rings. The number of hydrogen-bond donors (Lipinski definition) is 1. The van der Waals surface area contributed by atoms with Gasteiger partial charge in [0.25, 0.3) is 0 Å². The fourth-order valence-electron chi connectivity index (χ4n) is 2.79. The molecule has 7 heteroatoms. The van der Waals surface area contributed by atoms with Crippen LogP contribution in [0.4, 0.5) is 4.39 Å². The second-order valence-corrected chi connectivity index (χ2v) is 8.08. The molecule has 1 aromatic carbocycles. The Bertz CT molecular complexity index is 673. The first-order chi connectivity index (χ1) is 10.1. The molecule has 1 saturated heterocycles. The van der Waals surface area contributed by atoms with E-state index in [0.29, 0.717) is 24.9 Å². The highest BCUT2D eigenvalue weighted by atomic mass is 32.2. The molecule has 2 N–H and O–H groups in total. The van der Waals surface area contributed by atoms with Crippen molar-refractivity contribution < 1.29 is 17.6 Å². The zero-order valence-electron chi connectivity index (χ0n) is 12.8. The summed E-state index contributed by atoms with van der Waals surface area (Å²) in [6, 6.07) is 5.91. The summed E-state index contributed by atoms with van der Waals surface area (Å²) in [6.45, 7) is 4.01. The molecule has 2 rings (SSSR count). The number of sulfonamides is 1. The summed E-state index contributed by atoms with van der Waals surface area (Å²) in [5.41, 5.74) is -0.363. The van der Waals surface area contributed by atoms with Crippen molar-refractivity contribution >= 4 is 15.9 Å². The monoisotopic (exact) mass is 328 g/mol. The number of rotatable bonds is 3. The van der Waals surface area contributed by atoms with Gasteiger partial charge in [-0.25, -0.2) is 17.9 Å². The van der Waals surface area contributed by atoms with Crippen LogP contribution in [0.5, 0.6) is 0 Å². The lowest BCUT2D eigenvalue weighted by molar-refractivity contribution is -0.137. The molecule has 1 aromatic rings. The van der Waals surface area contributed by atoms with Gasteiger partial charge in [0.2, 0.25) is 15.9 Å². The molecule has 1 fully saturated rings. The van der Waals surface area contributed by atoms with Crippen molar-refractivity contribution in [1.29, 1.82) is 0 Å². The summed E-state index contributed by atoms with van der Waals surface area (Å²) in [4.78, 5) is 14.3. The average Bonchev–Trinajstić information content (AvgIpc) is 2.45. The van der Waals surface area contributed by atoms with Crippen molar-refractivity contribution in [1.82, 2.24) is 4.90 Å². The zero-order valence-corrected chi connectivity index (χ0v) is 13.6. The van der Waals surface area contributed by atoms with Crippen molar-refractivity contribution in [2.24, 2.45) is 5.14 Å². The SMILES string of the molecule is CC(C)(C(=O)N1CCCC(S(N)(=O)=O)C1)c1cccc(F)c1. The molecule has 1 heterocycles. The Morgan fingerprint density at radius 1 is 1.41 bits per heavy atom. The molecule has 0 spiro atoms. The molecule has 0 aromatic heterocycles. The zero-order chi connectivity index (χ0) is 16.5. The number of amides is 1. The molecule has 22 heavy (non-hydrogen) atoms. The number of nitrogens with two attached hydrogens (primary N) is 1. The summed E-state index contributed by atoms with van der Waals surface area (Å²) in [5, 5.41) is 4.47. The van der Waals surface area contributed by atoms with E-state index in [1.807, 2.05) is 0 Å². The number of piperidine rings is 1. The summed E-state index contributed by atoms with van der Waals surface area (Å²) in [5.74, 6) is -0.620. The number of carbonyl (C=O) groups excluding carboxylic acids is 1. The minimum atomic E-state index is -3.66. The van der Waals surface area contributed by atoms with Gasteiger partial charge < -0.3 is 4.90 Å². The van der Waals surface area contributed by atoms with E-state index in [0.717, 1.165) is 0 Å². The number of primary sulfonamides is 1. The Balaban J connectivity index is 2.23. The van der Waals surface area contributed by atoms with Crippen molar-refractivity contribution in [3.05, 3.63) is 35.6 Å². The van der Waals surface area contributed by atoms with E-state index in [4.69, 9.17) is 5.14 Å². The summed E-state index contributed by atoms with van der Waals surface area (Å²) < 4.78 is 36.4. The van der Waals surface area contributed by atoms with Crippen molar-refractivity contribution in [2.75, 3.05) is 13.1 Å². The predicted octanol–water partition coefficient (Wildman–Crippen LogP) is 1.38. The maximum absolute atomic E-state index is 13.4.